The van der Waals surface area contributed by atoms with Crippen LogP contribution in [0.4, 0.5) is 0 Å². The van der Waals surface area contributed by atoms with E-state index in [0.29, 0.717) is 12.5 Å². The quantitative estimate of drug-likeness (QED) is 0.669. The van der Waals surface area contributed by atoms with Crippen molar-refractivity contribution in [1.82, 2.24) is 10.1 Å². The van der Waals surface area contributed by atoms with E-state index in [0.717, 1.165) is 29.9 Å². The van der Waals surface area contributed by atoms with Gasteiger partial charge in [0.15, 0.2) is 0 Å². The Hall–Kier alpha value is -2.62. The molecule has 1 fully saturated rings. The van der Waals surface area contributed by atoms with Gasteiger partial charge in [-0.1, -0.05) is 47.6 Å². The standard InChI is InChI=1S/C22H24N2O2/c1-14-21(16(3)26-23-14)13-22(25)24(18-11-12-18)15(2)19-10-6-8-17-7-4-5-9-20(17)19/h4-10,15,18H,11-13H2,1-3H3. The van der Waals surface area contributed by atoms with E-state index in [-0.39, 0.29) is 11.9 Å². The Morgan fingerprint density at radius 2 is 1.92 bits per heavy atom. The van der Waals surface area contributed by atoms with Gasteiger partial charge in [-0.15, -0.1) is 0 Å². The lowest BCUT2D eigenvalue weighted by molar-refractivity contribution is -0.133. The van der Waals surface area contributed by atoms with Gasteiger partial charge in [0.2, 0.25) is 5.91 Å². The highest BCUT2D eigenvalue weighted by Crippen LogP contribution is 2.37. The molecule has 0 spiro atoms. The van der Waals surface area contributed by atoms with Crippen molar-refractivity contribution in [1.29, 1.82) is 0 Å². The lowest BCUT2D eigenvalue weighted by Crippen LogP contribution is -2.36. The summed E-state index contributed by atoms with van der Waals surface area (Å²) in [6, 6.07) is 15.1. The summed E-state index contributed by atoms with van der Waals surface area (Å²) in [5.41, 5.74) is 2.94. The second-order valence-corrected chi connectivity index (χ2v) is 7.26. The summed E-state index contributed by atoms with van der Waals surface area (Å²) in [5.74, 6) is 0.895. The maximum Gasteiger partial charge on any atom is 0.227 e. The summed E-state index contributed by atoms with van der Waals surface area (Å²) >= 11 is 0. The number of carbonyl (C=O) groups excluding carboxylic acids is 1. The Labute approximate surface area is 153 Å². The van der Waals surface area contributed by atoms with Crippen molar-refractivity contribution in [2.75, 3.05) is 0 Å². The third-order valence-corrected chi connectivity index (χ3v) is 5.43. The molecule has 0 saturated heterocycles. The normalized spacial score (nSPS) is 15.2. The summed E-state index contributed by atoms with van der Waals surface area (Å²) in [4.78, 5) is 15.3. The summed E-state index contributed by atoms with van der Waals surface area (Å²) in [7, 11) is 0. The molecule has 1 amide bonds. The molecule has 0 bridgehead atoms. The Kier molecular flexibility index (Phi) is 4.27. The van der Waals surface area contributed by atoms with Gasteiger partial charge < -0.3 is 9.42 Å². The highest BCUT2D eigenvalue weighted by atomic mass is 16.5. The minimum absolute atomic E-state index is 0.0431. The molecule has 0 radical (unpaired) electrons. The SMILES string of the molecule is Cc1noc(C)c1CC(=O)N(C1CC1)C(C)c1cccc2ccccc12. The van der Waals surface area contributed by atoms with Crippen LogP contribution < -0.4 is 0 Å². The molecule has 1 heterocycles. The maximum atomic E-state index is 13.2. The van der Waals surface area contributed by atoms with E-state index in [1.54, 1.807) is 0 Å². The number of rotatable bonds is 5. The molecule has 3 aromatic rings. The van der Waals surface area contributed by atoms with Gasteiger partial charge in [-0.05, 0) is 49.9 Å². The van der Waals surface area contributed by atoms with Crippen LogP contribution in [0.5, 0.6) is 0 Å². The highest BCUT2D eigenvalue weighted by molar-refractivity contribution is 5.87. The van der Waals surface area contributed by atoms with Crippen LogP contribution in [-0.4, -0.2) is 22.0 Å². The molecule has 4 heteroatoms. The fraction of sp³-hybridized carbons (Fsp3) is 0.364. The first-order valence-corrected chi connectivity index (χ1v) is 9.27. The largest absolute Gasteiger partial charge is 0.361 e. The molecule has 1 aromatic heterocycles. The Morgan fingerprint density at radius 1 is 1.19 bits per heavy atom. The smallest absolute Gasteiger partial charge is 0.227 e. The van der Waals surface area contributed by atoms with Crippen molar-refractivity contribution in [3.05, 3.63) is 65.0 Å². The predicted octanol–water partition coefficient (Wildman–Crippen LogP) is 4.74. The minimum Gasteiger partial charge on any atom is -0.361 e. The fourth-order valence-corrected chi connectivity index (χ4v) is 3.85. The first-order chi connectivity index (χ1) is 12.6. The predicted molar refractivity (Wildman–Crippen MR) is 102 cm³/mol. The van der Waals surface area contributed by atoms with E-state index in [2.05, 4.69) is 59.4 Å². The van der Waals surface area contributed by atoms with Gasteiger partial charge in [-0.3, -0.25) is 4.79 Å². The third-order valence-electron chi connectivity index (χ3n) is 5.43. The molecule has 26 heavy (non-hydrogen) atoms. The van der Waals surface area contributed by atoms with Gasteiger partial charge in [-0.25, -0.2) is 0 Å². The van der Waals surface area contributed by atoms with Gasteiger partial charge in [0.25, 0.3) is 0 Å². The monoisotopic (exact) mass is 348 g/mol. The molecule has 1 aliphatic carbocycles. The van der Waals surface area contributed by atoms with E-state index in [1.807, 2.05) is 13.8 Å². The van der Waals surface area contributed by atoms with Crippen LogP contribution in [0.3, 0.4) is 0 Å². The Balaban J connectivity index is 1.67. The second kappa shape index (κ2) is 6.60. The average Bonchev–Trinajstić information content (AvgIpc) is 3.43. The molecule has 1 unspecified atom stereocenters. The number of carbonyl (C=O) groups is 1. The number of benzene rings is 2. The second-order valence-electron chi connectivity index (χ2n) is 7.26. The van der Waals surface area contributed by atoms with Crippen LogP contribution in [0.15, 0.2) is 47.0 Å². The first-order valence-electron chi connectivity index (χ1n) is 9.27. The number of aromatic nitrogens is 1. The van der Waals surface area contributed by atoms with Crippen molar-refractivity contribution in [3.8, 4) is 0 Å². The molecule has 0 N–H and O–H groups in total. The summed E-state index contributed by atoms with van der Waals surface area (Å²) in [6.45, 7) is 5.91. The molecule has 2 aromatic carbocycles. The number of fused-ring (bicyclic) bond motifs is 1. The Morgan fingerprint density at radius 3 is 2.62 bits per heavy atom. The first kappa shape index (κ1) is 16.8. The molecule has 4 nitrogen and oxygen atoms in total. The van der Waals surface area contributed by atoms with Crippen LogP contribution in [0.1, 0.15) is 48.4 Å². The van der Waals surface area contributed by atoms with E-state index in [1.165, 1.54) is 16.3 Å². The molecular formula is C22H24N2O2. The number of hydrogen-bond acceptors (Lipinski definition) is 3. The molecular weight excluding hydrogens is 324 g/mol. The Bertz CT molecular complexity index is 931. The van der Waals surface area contributed by atoms with Crippen LogP contribution in [0.25, 0.3) is 10.8 Å². The molecule has 134 valence electrons. The van der Waals surface area contributed by atoms with Crippen LogP contribution in [-0.2, 0) is 11.2 Å². The fourth-order valence-electron chi connectivity index (χ4n) is 3.85. The minimum atomic E-state index is 0.0431. The van der Waals surface area contributed by atoms with Crippen LogP contribution in [0.2, 0.25) is 0 Å². The van der Waals surface area contributed by atoms with Gasteiger partial charge in [0.05, 0.1) is 18.2 Å². The highest BCUT2D eigenvalue weighted by Gasteiger charge is 2.37. The molecule has 1 saturated carbocycles. The molecule has 1 aliphatic rings. The van der Waals surface area contributed by atoms with Gasteiger partial charge in [0, 0.05) is 11.6 Å². The van der Waals surface area contributed by atoms with Crippen molar-refractivity contribution in [2.24, 2.45) is 0 Å². The van der Waals surface area contributed by atoms with Crippen LogP contribution >= 0.6 is 0 Å². The lowest BCUT2D eigenvalue weighted by atomic mass is 9.98. The molecule has 0 aliphatic heterocycles. The van der Waals surface area contributed by atoms with Crippen molar-refractivity contribution in [3.63, 3.8) is 0 Å². The van der Waals surface area contributed by atoms with Crippen molar-refractivity contribution < 1.29 is 9.32 Å². The number of nitrogens with zero attached hydrogens (tertiary/aromatic N) is 2. The van der Waals surface area contributed by atoms with Gasteiger partial charge in [0.1, 0.15) is 5.76 Å². The summed E-state index contributed by atoms with van der Waals surface area (Å²) < 4.78 is 5.23. The van der Waals surface area contributed by atoms with E-state index < -0.39 is 0 Å². The number of aryl methyl sites for hydroxylation is 2. The zero-order valence-corrected chi connectivity index (χ0v) is 15.5. The van der Waals surface area contributed by atoms with E-state index in [9.17, 15) is 4.79 Å². The van der Waals surface area contributed by atoms with Crippen LogP contribution in [0, 0.1) is 13.8 Å². The van der Waals surface area contributed by atoms with E-state index >= 15 is 0 Å². The topological polar surface area (TPSA) is 46.3 Å². The molecule has 4 rings (SSSR count). The maximum absolute atomic E-state index is 13.2. The summed E-state index contributed by atoms with van der Waals surface area (Å²) in [5, 5.41) is 6.42. The number of amides is 1. The van der Waals surface area contributed by atoms with Gasteiger partial charge >= 0.3 is 0 Å². The molecule has 1 atom stereocenters. The van der Waals surface area contributed by atoms with Gasteiger partial charge in [-0.2, -0.15) is 0 Å². The third kappa shape index (κ3) is 3.00. The zero-order valence-electron chi connectivity index (χ0n) is 15.5. The number of hydrogen-bond donors (Lipinski definition) is 0. The van der Waals surface area contributed by atoms with E-state index in [4.69, 9.17) is 4.52 Å². The summed E-state index contributed by atoms with van der Waals surface area (Å²) in [6.07, 6.45) is 2.53. The average molecular weight is 348 g/mol. The lowest BCUT2D eigenvalue weighted by Gasteiger charge is -2.30. The van der Waals surface area contributed by atoms with Crippen molar-refractivity contribution in [2.45, 2.75) is 52.1 Å². The zero-order chi connectivity index (χ0) is 18.3. The van der Waals surface area contributed by atoms with Crippen molar-refractivity contribution >= 4 is 16.7 Å².